The van der Waals surface area contributed by atoms with E-state index in [2.05, 4.69) is 56.2 Å². The molecule has 1 N–H and O–H groups in total. The summed E-state index contributed by atoms with van der Waals surface area (Å²) in [6, 6.07) is 7.63. The number of aryl methyl sites for hydroxylation is 1. The summed E-state index contributed by atoms with van der Waals surface area (Å²) in [4.78, 5) is 2.54. The van der Waals surface area contributed by atoms with Crippen LogP contribution in [-0.4, -0.2) is 19.6 Å². The second-order valence-corrected chi connectivity index (χ2v) is 6.85. The van der Waals surface area contributed by atoms with Gasteiger partial charge >= 0.3 is 0 Å². The molecule has 1 aromatic rings. The summed E-state index contributed by atoms with van der Waals surface area (Å²) in [5, 5.41) is 3.56. The van der Waals surface area contributed by atoms with Gasteiger partial charge in [-0.05, 0) is 50.3 Å². The van der Waals surface area contributed by atoms with E-state index in [-0.39, 0.29) is 0 Å². The zero-order chi connectivity index (χ0) is 15.2. The van der Waals surface area contributed by atoms with Crippen LogP contribution in [-0.2, 0) is 6.54 Å². The van der Waals surface area contributed by atoms with E-state index in [0.29, 0.717) is 6.04 Å². The molecule has 0 heterocycles. The van der Waals surface area contributed by atoms with E-state index in [1.807, 2.05) is 0 Å². The molecule has 2 rings (SSSR count). The van der Waals surface area contributed by atoms with Crippen molar-refractivity contribution in [1.82, 2.24) is 5.32 Å². The molecule has 1 aliphatic rings. The van der Waals surface area contributed by atoms with E-state index in [0.717, 1.165) is 19.0 Å². The minimum Gasteiger partial charge on any atom is -0.371 e. The van der Waals surface area contributed by atoms with Gasteiger partial charge in [0.2, 0.25) is 0 Å². The molecule has 2 unspecified atom stereocenters. The molecule has 118 valence electrons. The lowest BCUT2D eigenvalue weighted by Crippen LogP contribution is -2.36. The van der Waals surface area contributed by atoms with Gasteiger partial charge in [-0.2, -0.15) is 0 Å². The van der Waals surface area contributed by atoms with Gasteiger partial charge < -0.3 is 10.2 Å². The fourth-order valence-corrected chi connectivity index (χ4v) is 3.55. The van der Waals surface area contributed by atoms with Crippen LogP contribution < -0.4 is 10.2 Å². The van der Waals surface area contributed by atoms with E-state index in [1.165, 1.54) is 48.9 Å². The summed E-state index contributed by atoms with van der Waals surface area (Å²) in [6.07, 6.45) is 6.66. The van der Waals surface area contributed by atoms with Gasteiger partial charge in [0.1, 0.15) is 0 Å². The summed E-state index contributed by atoms with van der Waals surface area (Å²) < 4.78 is 0. The first-order valence-electron chi connectivity index (χ1n) is 8.65. The molecule has 0 bridgehead atoms. The first-order chi connectivity index (χ1) is 10.1. The summed E-state index contributed by atoms with van der Waals surface area (Å²) in [6.45, 7) is 8.89. The second-order valence-electron chi connectivity index (χ2n) is 6.85. The second kappa shape index (κ2) is 7.84. The van der Waals surface area contributed by atoms with E-state index in [4.69, 9.17) is 0 Å². The van der Waals surface area contributed by atoms with Gasteiger partial charge in [-0.15, -0.1) is 0 Å². The van der Waals surface area contributed by atoms with Gasteiger partial charge in [0, 0.05) is 25.3 Å². The molecule has 0 amide bonds. The van der Waals surface area contributed by atoms with Crippen LogP contribution >= 0.6 is 0 Å². The molecule has 0 aliphatic heterocycles. The van der Waals surface area contributed by atoms with Crippen molar-refractivity contribution in [3.05, 3.63) is 29.3 Å². The third-order valence-corrected chi connectivity index (χ3v) is 4.81. The number of benzene rings is 1. The Morgan fingerprint density at radius 3 is 2.81 bits per heavy atom. The van der Waals surface area contributed by atoms with Crippen molar-refractivity contribution < 1.29 is 0 Å². The first-order valence-corrected chi connectivity index (χ1v) is 8.65. The minimum absolute atomic E-state index is 0.710. The summed E-state index contributed by atoms with van der Waals surface area (Å²) in [7, 11) is 2.29. The van der Waals surface area contributed by atoms with Crippen LogP contribution in [0.4, 0.5) is 5.69 Å². The van der Waals surface area contributed by atoms with E-state index >= 15 is 0 Å². The number of anilines is 1. The summed E-state index contributed by atoms with van der Waals surface area (Å²) in [5.74, 6) is 0.873. The molecule has 0 radical (unpaired) electrons. The predicted octanol–water partition coefficient (Wildman–Crippen LogP) is 4.51. The predicted molar refractivity (Wildman–Crippen MR) is 93.0 cm³/mol. The number of rotatable bonds is 6. The molecule has 0 saturated heterocycles. The Kier molecular flexibility index (Phi) is 6.10. The highest BCUT2D eigenvalue weighted by molar-refractivity contribution is 5.55. The molecule has 1 saturated carbocycles. The van der Waals surface area contributed by atoms with Crippen molar-refractivity contribution in [2.45, 2.75) is 65.5 Å². The van der Waals surface area contributed by atoms with Crippen molar-refractivity contribution in [2.75, 3.05) is 18.5 Å². The molecular weight excluding hydrogens is 256 g/mol. The highest BCUT2D eigenvalue weighted by atomic mass is 15.1. The summed E-state index contributed by atoms with van der Waals surface area (Å²) >= 11 is 0. The van der Waals surface area contributed by atoms with Crippen LogP contribution in [0, 0.1) is 12.8 Å². The third-order valence-electron chi connectivity index (χ3n) is 4.81. The van der Waals surface area contributed by atoms with Crippen LogP contribution in [0.15, 0.2) is 18.2 Å². The monoisotopic (exact) mass is 288 g/mol. The third kappa shape index (κ3) is 4.47. The Morgan fingerprint density at radius 1 is 1.29 bits per heavy atom. The lowest BCUT2D eigenvalue weighted by atomic mass is 9.86. The van der Waals surface area contributed by atoms with Gasteiger partial charge in [-0.3, -0.25) is 0 Å². The lowest BCUT2D eigenvalue weighted by molar-refractivity contribution is 0.336. The molecule has 2 heteroatoms. The topological polar surface area (TPSA) is 15.3 Å². The zero-order valence-corrected chi connectivity index (χ0v) is 14.3. The van der Waals surface area contributed by atoms with E-state index in [1.54, 1.807) is 0 Å². The van der Waals surface area contributed by atoms with Crippen molar-refractivity contribution >= 4 is 5.69 Å². The fourth-order valence-electron chi connectivity index (χ4n) is 3.55. The molecule has 1 aromatic carbocycles. The molecule has 2 nitrogen and oxygen atoms in total. The summed E-state index contributed by atoms with van der Waals surface area (Å²) in [5.41, 5.74) is 4.23. The zero-order valence-electron chi connectivity index (χ0n) is 14.3. The Labute approximate surface area is 130 Å². The number of hydrogen-bond donors (Lipinski definition) is 1. The lowest BCUT2D eigenvalue weighted by Gasteiger charge is -2.36. The van der Waals surface area contributed by atoms with Gasteiger partial charge in [-0.1, -0.05) is 44.4 Å². The SMILES string of the molecule is CCCNCc1cc(C)ccc1N(C)C1CCCC(C)C1. The molecule has 21 heavy (non-hydrogen) atoms. The van der Waals surface area contributed by atoms with Crippen molar-refractivity contribution in [1.29, 1.82) is 0 Å². The average Bonchev–Trinajstić information content (AvgIpc) is 2.47. The van der Waals surface area contributed by atoms with Crippen LogP contribution in [0.1, 0.15) is 57.1 Å². The smallest absolute Gasteiger partial charge is 0.0411 e. The molecular formula is C19H32N2. The number of hydrogen-bond acceptors (Lipinski definition) is 2. The maximum atomic E-state index is 3.56. The largest absolute Gasteiger partial charge is 0.371 e. The fraction of sp³-hybridized carbons (Fsp3) is 0.684. The Hall–Kier alpha value is -1.02. The molecule has 1 aliphatic carbocycles. The maximum absolute atomic E-state index is 3.56. The van der Waals surface area contributed by atoms with E-state index < -0.39 is 0 Å². The average molecular weight is 288 g/mol. The minimum atomic E-state index is 0.710. The van der Waals surface area contributed by atoms with Gasteiger partial charge in [0.15, 0.2) is 0 Å². The molecule has 0 spiro atoms. The van der Waals surface area contributed by atoms with Crippen LogP contribution in [0.25, 0.3) is 0 Å². The molecule has 1 fully saturated rings. The quantitative estimate of drug-likeness (QED) is 0.775. The number of nitrogens with zero attached hydrogens (tertiary/aromatic N) is 1. The van der Waals surface area contributed by atoms with Crippen molar-refractivity contribution in [3.8, 4) is 0 Å². The van der Waals surface area contributed by atoms with E-state index in [9.17, 15) is 0 Å². The Bertz CT molecular complexity index is 441. The van der Waals surface area contributed by atoms with Crippen molar-refractivity contribution in [3.63, 3.8) is 0 Å². The standard InChI is InChI=1S/C19H32N2/c1-5-11-20-14-17-12-16(3)9-10-19(17)21(4)18-8-6-7-15(2)13-18/h9-10,12,15,18,20H,5-8,11,13-14H2,1-4H3. The Balaban J connectivity index is 2.12. The molecule has 2 atom stereocenters. The van der Waals surface area contributed by atoms with Gasteiger partial charge in [0.25, 0.3) is 0 Å². The Morgan fingerprint density at radius 2 is 2.10 bits per heavy atom. The first kappa shape index (κ1) is 16.4. The van der Waals surface area contributed by atoms with Gasteiger partial charge in [-0.25, -0.2) is 0 Å². The number of nitrogens with one attached hydrogen (secondary N) is 1. The highest BCUT2D eigenvalue weighted by Gasteiger charge is 2.23. The van der Waals surface area contributed by atoms with Crippen LogP contribution in [0.2, 0.25) is 0 Å². The maximum Gasteiger partial charge on any atom is 0.0411 e. The van der Waals surface area contributed by atoms with Crippen molar-refractivity contribution in [2.24, 2.45) is 5.92 Å². The van der Waals surface area contributed by atoms with Crippen LogP contribution in [0.3, 0.4) is 0 Å². The van der Waals surface area contributed by atoms with Gasteiger partial charge in [0.05, 0.1) is 0 Å². The molecule has 0 aromatic heterocycles. The van der Waals surface area contributed by atoms with Crippen LogP contribution in [0.5, 0.6) is 0 Å². The highest BCUT2D eigenvalue weighted by Crippen LogP contribution is 2.31. The normalized spacial score (nSPS) is 22.3.